The monoisotopic (exact) mass is 142 g/mol. The Balaban J connectivity index is 2.50. The maximum Gasteiger partial charge on any atom is 0.202 e. The summed E-state index contributed by atoms with van der Waals surface area (Å²) in [4.78, 5) is 0. The zero-order valence-corrected chi connectivity index (χ0v) is 5.78. The van der Waals surface area contributed by atoms with Gasteiger partial charge in [0.15, 0.2) is 0 Å². The molecule has 56 valence electrons. The van der Waals surface area contributed by atoms with E-state index in [0.29, 0.717) is 12.2 Å². The minimum Gasteiger partial charge on any atom is -0.385 e. The zero-order chi connectivity index (χ0) is 7.40. The first-order valence-electron chi connectivity index (χ1n) is 3.26. The number of rotatable bonds is 3. The quantitative estimate of drug-likeness (QED) is 0.624. The van der Waals surface area contributed by atoms with E-state index in [1.54, 1.807) is 0 Å². The highest BCUT2D eigenvalue weighted by Crippen LogP contribution is 2.10. The van der Waals surface area contributed by atoms with Crippen molar-refractivity contribution in [2.75, 3.05) is 0 Å². The molecular weight excluding hydrogens is 132 g/mol. The second-order valence-electron chi connectivity index (χ2n) is 2.07. The van der Waals surface area contributed by atoms with Crippen LogP contribution in [0.2, 0.25) is 0 Å². The third kappa shape index (κ3) is 1.51. The molecule has 0 aliphatic rings. The van der Waals surface area contributed by atoms with Crippen molar-refractivity contribution in [3.8, 4) is 0 Å². The third-order valence-corrected chi connectivity index (χ3v) is 1.22. The van der Waals surface area contributed by atoms with Gasteiger partial charge in [0.2, 0.25) is 5.82 Å². The molecule has 0 radical (unpaired) electrons. The molecule has 1 heterocycles. The molecule has 1 rings (SSSR count). The standard InChI is InChI=1S/C5H10N4O/c1-2-3-4(10)5-6-8-9-7-5/h4,10H,2-3H2,1H3,(H,6,7,8,9). The van der Waals surface area contributed by atoms with Crippen LogP contribution in [-0.2, 0) is 0 Å². The van der Waals surface area contributed by atoms with Crippen LogP contribution in [0.25, 0.3) is 0 Å². The van der Waals surface area contributed by atoms with E-state index in [9.17, 15) is 5.11 Å². The van der Waals surface area contributed by atoms with Crippen LogP contribution < -0.4 is 0 Å². The highest BCUT2D eigenvalue weighted by Gasteiger charge is 2.09. The molecule has 5 nitrogen and oxygen atoms in total. The fraction of sp³-hybridized carbons (Fsp3) is 0.800. The number of H-pyrrole nitrogens is 1. The van der Waals surface area contributed by atoms with Crippen LogP contribution >= 0.6 is 0 Å². The van der Waals surface area contributed by atoms with Crippen molar-refractivity contribution in [2.45, 2.75) is 25.9 Å². The predicted octanol–water partition coefficient (Wildman–Crippen LogP) is 0.0332. The molecular formula is C5H10N4O. The van der Waals surface area contributed by atoms with Crippen LogP contribution in [-0.4, -0.2) is 25.7 Å². The van der Waals surface area contributed by atoms with Crippen molar-refractivity contribution in [3.63, 3.8) is 0 Å². The molecule has 1 atom stereocenters. The molecule has 10 heavy (non-hydrogen) atoms. The minimum absolute atomic E-state index is 0.377. The van der Waals surface area contributed by atoms with Crippen molar-refractivity contribution in [1.29, 1.82) is 0 Å². The summed E-state index contributed by atoms with van der Waals surface area (Å²) in [5.74, 6) is 0.377. The van der Waals surface area contributed by atoms with E-state index in [2.05, 4.69) is 20.6 Å². The van der Waals surface area contributed by atoms with Gasteiger partial charge >= 0.3 is 0 Å². The second kappa shape index (κ2) is 3.26. The largest absolute Gasteiger partial charge is 0.385 e. The summed E-state index contributed by atoms with van der Waals surface area (Å²) in [6.45, 7) is 1.99. The molecule has 1 unspecified atom stereocenters. The van der Waals surface area contributed by atoms with Crippen LogP contribution in [0.5, 0.6) is 0 Å². The molecule has 0 aliphatic carbocycles. The molecule has 0 fully saturated rings. The Morgan fingerprint density at radius 3 is 3.00 bits per heavy atom. The van der Waals surface area contributed by atoms with Gasteiger partial charge in [-0.25, -0.2) is 0 Å². The molecule has 0 saturated heterocycles. The lowest BCUT2D eigenvalue weighted by molar-refractivity contribution is 0.156. The molecule has 2 N–H and O–H groups in total. The van der Waals surface area contributed by atoms with Gasteiger partial charge in [-0.3, -0.25) is 0 Å². The predicted molar refractivity (Wildman–Crippen MR) is 34.0 cm³/mol. The SMILES string of the molecule is CCCC(O)c1nn[nH]n1. The van der Waals surface area contributed by atoms with Gasteiger partial charge in [0.25, 0.3) is 0 Å². The normalized spacial score (nSPS) is 13.4. The van der Waals surface area contributed by atoms with E-state index in [1.165, 1.54) is 0 Å². The maximum absolute atomic E-state index is 9.22. The summed E-state index contributed by atoms with van der Waals surface area (Å²) >= 11 is 0. The summed E-state index contributed by atoms with van der Waals surface area (Å²) in [5, 5.41) is 22.1. The molecule has 0 amide bonds. The van der Waals surface area contributed by atoms with Crippen LogP contribution in [0.3, 0.4) is 0 Å². The molecule has 1 aromatic heterocycles. The molecule has 1 aromatic rings. The number of tetrazole rings is 1. The molecule has 0 aliphatic heterocycles. The highest BCUT2D eigenvalue weighted by atomic mass is 16.3. The summed E-state index contributed by atoms with van der Waals surface area (Å²) in [7, 11) is 0. The number of hydrogen-bond donors (Lipinski definition) is 2. The fourth-order valence-electron chi connectivity index (χ4n) is 0.713. The lowest BCUT2D eigenvalue weighted by Crippen LogP contribution is -1.98. The summed E-state index contributed by atoms with van der Waals surface area (Å²) in [6, 6.07) is 0. The number of nitrogens with one attached hydrogen (secondary N) is 1. The van der Waals surface area contributed by atoms with Gasteiger partial charge in [0, 0.05) is 0 Å². The first-order chi connectivity index (χ1) is 4.84. The van der Waals surface area contributed by atoms with Gasteiger partial charge in [-0.2, -0.15) is 5.21 Å². The smallest absolute Gasteiger partial charge is 0.202 e. The Hall–Kier alpha value is -0.970. The Labute approximate surface area is 58.5 Å². The lowest BCUT2D eigenvalue weighted by atomic mass is 10.2. The topological polar surface area (TPSA) is 74.7 Å². The van der Waals surface area contributed by atoms with Crippen LogP contribution in [0.15, 0.2) is 0 Å². The molecule has 5 heteroatoms. The van der Waals surface area contributed by atoms with E-state index in [4.69, 9.17) is 0 Å². The van der Waals surface area contributed by atoms with Crippen molar-refractivity contribution in [2.24, 2.45) is 0 Å². The lowest BCUT2D eigenvalue weighted by Gasteiger charge is -2.00. The summed E-state index contributed by atoms with van der Waals surface area (Å²) in [5.41, 5.74) is 0. The Kier molecular flexibility index (Phi) is 2.33. The van der Waals surface area contributed by atoms with Crippen molar-refractivity contribution < 1.29 is 5.11 Å². The Morgan fingerprint density at radius 2 is 2.50 bits per heavy atom. The van der Waals surface area contributed by atoms with E-state index in [0.717, 1.165) is 6.42 Å². The summed E-state index contributed by atoms with van der Waals surface area (Å²) < 4.78 is 0. The van der Waals surface area contributed by atoms with E-state index in [1.807, 2.05) is 6.92 Å². The van der Waals surface area contributed by atoms with E-state index < -0.39 is 6.10 Å². The van der Waals surface area contributed by atoms with Crippen LogP contribution in [0, 0.1) is 0 Å². The number of aromatic nitrogens is 4. The van der Waals surface area contributed by atoms with Crippen LogP contribution in [0.4, 0.5) is 0 Å². The fourth-order valence-corrected chi connectivity index (χ4v) is 0.713. The average molecular weight is 142 g/mol. The molecule has 0 spiro atoms. The molecule has 0 aromatic carbocycles. The maximum atomic E-state index is 9.22. The third-order valence-electron chi connectivity index (χ3n) is 1.22. The number of aliphatic hydroxyl groups is 1. The minimum atomic E-state index is -0.566. The highest BCUT2D eigenvalue weighted by molar-refractivity contribution is 4.81. The zero-order valence-electron chi connectivity index (χ0n) is 5.78. The van der Waals surface area contributed by atoms with Crippen LogP contribution in [0.1, 0.15) is 31.7 Å². The first kappa shape index (κ1) is 7.14. The Morgan fingerprint density at radius 1 is 1.70 bits per heavy atom. The number of nitrogens with zero attached hydrogens (tertiary/aromatic N) is 3. The Bertz CT molecular complexity index is 174. The number of aliphatic hydroxyl groups excluding tert-OH is 1. The van der Waals surface area contributed by atoms with Gasteiger partial charge < -0.3 is 5.11 Å². The number of hydrogen-bond acceptors (Lipinski definition) is 4. The van der Waals surface area contributed by atoms with Gasteiger partial charge in [-0.1, -0.05) is 18.6 Å². The van der Waals surface area contributed by atoms with Gasteiger partial charge in [-0.05, 0) is 6.42 Å². The number of aromatic amines is 1. The molecule has 0 bridgehead atoms. The van der Waals surface area contributed by atoms with Crippen molar-refractivity contribution in [1.82, 2.24) is 20.6 Å². The van der Waals surface area contributed by atoms with E-state index in [-0.39, 0.29) is 0 Å². The summed E-state index contributed by atoms with van der Waals surface area (Å²) in [6.07, 6.45) is 1.03. The molecule has 0 saturated carbocycles. The van der Waals surface area contributed by atoms with Gasteiger partial charge in [-0.15, -0.1) is 10.2 Å². The first-order valence-corrected chi connectivity index (χ1v) is 3.26. The van der Waals surface area contributed by atoms with Crippen molar-refractivity contribution >= 4 is 0 Å². The van der Waals surface area contributed by atoms with Crippen molar-refractivity contribution in [3.05, 3.63) is 5.82 Å². The second-order valence-corrected chi connectivity index (χ2v) is 2.07. The van der Waals surface area contributed by atoms with E-state index >= 15 is 0 Å². The van der Waals surface area contributed by atoms with Gasteiger partial charge in [0.1, 0.15) is 6.10 Å². The van der Waals surface area contributed by atoms with Gasteiger partial charge in [0.05, 0.1) is 0 Å². The average Bonchev–Trinajstić information content (AvgIpc) is 2.38.